The molecule has 0 spiro atoms. The molecule has 0 aliphatic carbocycles. The Bertz CT molecular complexity index is 743. The number of benzene rings is 1. The summed E-state index contributed by atoms with van der Waals surface area (Å²) in [5.74, 6) is 0.548. The minimum atomic E-state index is -0.539. The van der Waals surface area contributed by atoms with Crippen molar-refractivity contribution in [3.05, 3.63) is 54.2 Å². The van der Waals surface area contributed by atoms with Crippen molar-refractivity contribution < 1.29 is 9.59 Å². The molecule has 0 radical (unpaired) electrons. The first-order valence-electron chi connectivity index (χ1n) is 8.18. The molecule has 1 N–H and O–H groups in total. The van der Waals surface area contributed by atoms with Crippen molar-refractivity contribution >= 4 is 23.3 Å². The lowest BCUT2D eigenvalue weighted by atomic mass is 10.0. The number of fused-ring (bicyclic) bond motifs is 1. The molecule has 124 valence electrons. The molecule has 24 heavy (non-hydrogen) atoms. The van der Waals surface area contributed by atoms with Gasteiger partial charge in [-0.1, -0.05) is 38.1 Å². The van der Waals surface area contributed by atoms with Crippen LogP contribution in [0.4, 0.5) is 11.5 Å². The van der Waals surface area contributed by atoms with Gasteiger partial charge in [-0.05, 0) is 36.1 Å². The highest BCUT2D eigenvalue weighted by Gasteiger charge is 2.37. The van der Waals surface area contributed by atoms with E-state index in [0.717, 1.165) is 11.3 Å². The molecule has 2 amide bonds. The summed E-state index contributed by atoms with van der Waals surface area (Å²) in [6, 6.07) is 12.5. The lowest BCUT2D eigenvalue weighted by Crippen LogP contribution is -2.46. The third-order valence-corrected chi connectivity index (χ3v) is 4.09. The summed E-state index contributed by atoms with van der Waals surface area (Å²) in [7, 11) is 0. The number of carbonyl (C=O) groups is 2. The van der Waals surface area contributed by atoms with Crippen molar-refractivity contribution in [1.82, 2.24) is 4.98 Å². The van der Waals surface area contributed by atoms with E-state index < -0.39 is 6.04 Å². The summed E-state index contributed by atoms with van der Waals surface area (Å²) >= 11 is 0. The smallest absolute Gasteiger partial charge is 0.248 e. The van der Waals surface area contributed by atoms with Crippen LogP contribution in [0.25, 0.3) is 0 Å². The summed E-state index contributed by atoms with van der Waals surface area (Å²) in [6.45, 7) is 4.10. The molecule has 5 nitrogen and oxygen atoms in total. The van der Waals surface area contributed by atoms with Crippen molar-refractivity contribution in [3.63, 3.8) is 0 Å². The average Bonchev–Trinajstić information content (AvgIpc) is 2.89. The first-order valence-corrected chi connectivity index (χ1v) is 8.18. The summed E-state index contributed by atoms with van der Waals surface area (Å²) in [4.78, 5) is 31.2. The third-order valence-electron chi connectivity index (χ3n) is 4.09. The minimum absolute atomic E-state index is 0.0296. The molecule has 0 fully saturated rings. The Kier molecular flexibility index (Phi) is 4.60. The average molecular weight is 323 g/mol. The van der Waals surface area contributed by atoms with E-state index in [2.05, 4.69) is 10.3 Å². The number of amides is 2. The number of aromatic nitrogens is 1. The normalized spacial score (nSPS) is 14.6. The van der Waals surface area contributed by atoms with Crippen LogP contribution in [0.5, 0.6) is 0 Å². The highest BCUT2D eigenvalue weighted by molar-refractivity contribution is 6.08. The van der Waals surface area contributed by atoms with Crippen molar-refractivity contribution in [2.75, 3.05) is 10.2 Å². The van der Waals surface area contributed by atoms with Gasteiger partial charge < -0.3 is 5.32 Å². The van der Waals surface area contributed by atoms with Crippen LogP contribution in [0.1, 0.15) is 25.8 Å². The number of rotatable bonds is 5. The molecule has 2 heterocycles. The maximum absolute atomic E-state index is 12.8. The highest BCUT2D eigenvalue weighted by Crippen LogP contribution is 2.32. The summed E-state index contributed by atoms with van der Waals surface area (Å²) in [6.07, 6.45) is 2.57. The van der Waals surface area contributed by atoms with E-state index in [4.69, 9.17) is 0 Å². The Hall–Kier alpha value is -2.69. The number of anilines is 2. The van der Waals surface area contributed by atoms with Gasteiger partial charge in [0.1, 0.15) is 11.9 Å². The second-order valence-corrected chi connectivity index (χ2v) is 6.42. The summed E-state index contributed by atoms with van der Waals surface area (Å²) in [5.41, 5.74) is 1.81. The SMILES string of the molecule is CC(C)CC(C(=O)Nc1ccccn1)N1C(=O)Cc2ccccc21. The molecule has 2 aromatic rings. The molecule has 5 heteroatoms. The monoisotopic (exact) mass is 323 g/mol. The van der Waals surface area contributed by atoms with Gasteiger partial charge in [0.05, 0.1) is 6.42 Å². The molecule has 1 unspecified atom stereocenters. The number of hydrogen-bond donors (Lipinski definition) is 1. The fourth-order valence-corrected chi connectivity index (χ4v) is 3.04. The molecular weight excluding hydrogens is 302 g/mol. The predicted octanol–water partition coefficient (Wildman–Crippen LogP) is 3.02. The van der Waals surface area contributed by atoms with Crippen molar-refractivity contribution in [1.29, 1.82) is 0 Å². The Balaban J connectivity index is 1.89. The van der Waals surface area contributed by atoms with Gasteiger partial charge >= 0.3 is 0 Å². The van der Waals surface area contributed by atoms with Gasteiger partial charge in [-0.3, -0.25) is 14.5 Å². The van der Waals surface area contributed by atoms with Gasteiger partial charge in [-0.15, -0.1) is 0 Å². The van der Waals surface area contributed by atoms with Crippen LogP contribution in [0.15, 0.2) is 48.7 Å². The Labute approximate surface area is 141 Å². The Morgan fingerprint density at radius 3 is 2.67 bits per heavy atom. The van der Waals surface area contributed by atoms with Crippen LogP contribution < -0.4 is 10.2 Å². The van der Waals surface area contributed by atoms with Gasteiger partial charge in [0.25, 0.3) is 0 Å². The first kappa shape index (κ1) is 16.2. The van der Waals surface area contributed by atoms with E-state index in [1.165, 1.54) is 0 Å². The predicted molar refractivity (Wildman–Crippen MR) is 93.7 cm³/mol. The molecule has 0 saturated carbocycles. The number of hydrogen-bond acceptors (Lipinski definition) is 3. The lowest BCUT2D eigenvalue weighted by molar-refractivity contribution is -0.123. The number of pyridine rings is 1. The fraction of sp³-hybridized carbons (Fsp3) is 0.316. The van der Waals surface area contributed by atoms with Gasteiger partial charge in [-0.25, -0.2) is 4.98 Å². The number of nitrogens with zero attached hydrogens (tertiary/aromatic N) is 2. The number of para-hydroxylation sites is 1. The molecule has 0 bridgehead atoms. The van der Waals surface area contributed by atoms with Crippen LogP contribution in [0.2, 0.25) is 0 Å². The van der Waals surface area contributed by atoms with E-state index in [9.17, 15) is 9.59 Å². The van der Waals surface area contributed by atoms with Crippen molar-refractivity contribution in [2.24, 2.45) is 5.92 Å². The zero-order valence-corrected chi connectivity index (χ0v) is 13.9. The van der Waals surface area contributed by atoms with E-state index >= 15 is 0 Å². The molecule has 0 saturated heterocycles. The molecule has 1 aliphatic heterocycles. The first-order chi connectivity index (χ1) is 11.6. The van der Waals surface area contributed by atoms with Gasteiger partial charge in [0, 0.05) is 11.9 Å². The van der Waals surface area contributed by atoms with Crippen LogP contribution in [-0.2, 0) is 16.0 Å². The van der Waals surface area contributed by atoms with Crippen LogP contribution in [0, 0.1) is 5.92 Å². The molecule has 1 aliphatic rings. The molecular formula is C19H21N3O2. The second kappa shape index (κ2) is 6.83. The zero-order chi connectivity index (χ0) is 17.1. The largest absolute Gasteiger partial charge is 0.309 e. The molecule has 1 aromatic heterocycles. The number of nitrogens with one attached hydrogen (secondary N) is 1. The van der Waals surface area contributed by atoms with Crippen LogP contribution in [0.3, 0.4) is 0 Å². The van der Waals surface area contributed by atoms with E-state index in [0.29, 0.717) is 18.7 Å². The second-order valence-electron chi connectivity index (χ2n) is 6.42. The lowest BCUT2D eigenvalue weighted by Gasteiger charge is -2.29. The van der Waals surface area contributed by atoms with Crippen LogP contribution >= 0.6 is 0 Å². The zero-order valence-electron chi connectivity index (χ0n) is 13.9. The third kappa shape index (κ3) is 3.30. The molecule has 1 atom stereocenters. The quantitative estimate of drug-likeness (QED) is 0.920. The van der Waals surface area contributed by atoms with Gasteiger partial charge in [0.15, 0.2) is 0 Å². The maximum atomic E-state index is 12.8. The van der Waals surface area contributed by atoms with Gasteiger partial charge in [0.2, 0.25) is 11.8 Å². The highest BCUT2D eigenvalue weighted by atomic mass is 16.2. The maximum Gasteiger partial charge on any atom is 0.248 e. The molecule has 1 aromatic carbocycles. The topological polar surface area (TPSA) is 62.3 Å². The standard InChI is InChI=1S/C19H21N3O2/c1-13(2)11-16(19(24)21-17-9-5-6-10-20-17)22-15-8-4-3-7-14(15)12-18(22)23/h3-10,13,16H,11-12H2,1-2H3,(H,20,21,24). The van der Waals surface area contributed by atoms with E-state index in [-0.39, 0.29) is 17.7 Å². The Morgan fingerprint density at radius 1 is 1.21 bits per heavy atom. The van der Waals surface area contributed by atoms with Crippen molar-refractivity contribution in [2.45, 2.75) is 32.7 Å². The fourth-order valence-electron chi connectivity index (χ4n) is 3.04. The van der Waals surface area contributed by atoms with Crippen LogP contribution in [-0.4, -0.2) is 22.8 Å². The van der Waals surface area contributed by atoms with Gasteiger partial charge in [-0.2, -0.15) is 0 Å². The Morgan fingerprint density at radius 2 is 1.96 bits per heavy atom. The van der Waals surface area contributed by atoms with E-state index in [1.54, 1.807) is 23.2 Å². The van der Waals surface area contributed by atoms with Crippen molar-refractivity contribution in [3.8, 4) is 0 Å². The number of carbonyl (C=O) groups excluding carboxylic acids is 2. The minimum Gasteiger partial charge on any atom is -0.309 e. The molecule has 3 rings (SSSR count). The summed E-state index contributed by atoms with van der Waals surface area (Å²) in [5, 5.41) is 2.83. The summed E-state index contributed by atoms with van der Waals surface area (Å²) < 4.78 is 0. The van der Waals surface area contributed by atoms with E-state index in [1.807, 2.05) is 44.2 Å².